The zero-order valence-corrected chi connectivity index (χ0v) is 13.1. The first kappa shape index (κ1) is 17.5. The minimum absolute atomic E-state index is 0.242. The van der Waals surface area contributed by atoms with Crippen LogP contribution in [0.2, 0.25) is 0 Å². The van der Waals surface area contributed by atoms with Gasteiger partial charge in [0.05, 0.1) is 11.3 Å². The van der Waals surface area contributed by atoms with Crippen molar-refractivity contribution in [3.05, 3.63) is 29.8 Å². The number of benzene rings is 1. The summed E-state index contributed by atoms with van der Waals surface area (Å²) in [5.41, 5.74) is 0.351. The summed E-state index contributed by atoms with van der Waals surface area (Å²) in [6.45, 7) is 5.77. The number of nitriles is 1. The zero-order valence-electron chi connectivity index (χ0n) is 13.1. The molecule has 0 spiro atoms. The third-order valence-electron chi connectivity index (χ3n) is 2.56. The second-order valence-electron chi connectivity index (χ2n) is 5.73. The molecular formula is C16H21N3O3. The highest BCUT2D eigenvalue weighted by Crippen LogP contribution is 2.13. The Bertz CT molecular complexity index is 571. The highest BCUT2D eigenvalue weighted by atomic mass is 16.6. The molecule has 0 aliphatic heterocycles. The van der Waals surface area contributed by atoms with Gasteiger partial charge in [-0.15, -0.1) is 0 Å². The van der Waals surface area contributed by atoms with E-state index >= 15 is 0 Å². The zero-order chi connectivity index (χ0) is 16.6. The van der Waals surface area contributed by atoms with Gasteiger partial charge in [-0.25, -0.2) is 4.79 Å². The molecule has 6 nitrogen and oxygen atoms in total. The minimum Gasteiger partial charge on any atom is -0.460 e. The SMILES string of the molecule is CC(C)(C)OC(=O)CCCNC(=O)Nc1ccccc1C#N. The first-order valence-electron chi connectivity index (χ1n) is 7.07. The first-order chi connectivity index (χ1) is 10.3. The van der Waals surface area contributed by atoms with Crippen molar-refractivity contribution in [1.82, 2.24) is 5.32 Å². The van der Waals surface area contributed by atoms with Crippen molar-refractivity contribution in [2.45, 2.75) is 39.2 Å². The number of para-hydroxylation sites is 1. The maximum absolute atomic E-state index is 11.7. The Balaban J connectivity index is 2.30. The van der Waals surface area contributed by atoms with Crippen LogP contribution >= 0.6 is 0 Å². The topological polar surface area (TPSA) is 91.2 Å². The Morgan fingerprint density at radius 2 is 1.95 bits per heavy atom. The molecule has 6 heteroatoms. The van der Waals surface area contributed by atoms with Crippen LogP contribution in [0.15, 0.2) is 24.3 Å². The highest BCUT2D eigenvalue weighted by Gasteiger charge is 2.15. The number of urea groups is 1. The molecule has 0 radical (unpaired) electrons. The van der Waals surface area contributed by atoms with Gasteiger partial charge in [-0.1, -0.05) is 12.1 Å². The van der Waals surface area contributed by atoms with E-state index in [1.807, 2.05) is 26.8 Å². The second kappa shape index (κ2) is 8.03. The lowest BCUT2D eigenvalue weighted by atomic mass is 10.2. The van der Waals surface area contributed by atoms with Crippen molar-refractivity contribution in [2.75, 3.05) is 11.9 Å². The molecule has 0 bridgehead atoms. The molecule has 0 aromatic heterocycles. The predicted octanol–water partition coefficient (Wildman–Crippen LogP) is 2.80. The van der Waals surface area contributed by atoms with Gasteiger partial charge in [0.25, 0.3) is 0 Å². The van der Waals surface area contributed by atoms with Crippen molar-refractivity contribution in [2.24, 2.45) is 0 Å². The van der Waals surface area contributed by atoms with E-state index in [1.165, 1.54) is 0 Å². The molecule has 1 aromatic carbocycles. The lowest BCUT2D eigenvalue weighted by Crippen LogP contribution is -2.30. The number of carbonyl (C=O) groups is 2. The van der Waals surface area contributed by atoms with Gasteiger partial charge in [0, 0.05) is 13.0 Å². The number of hydrogen-bond donors (Lipinski definition) is 2. The average Bonchev–Trinajstić information content (AvgIpc) is 2.42. The molecule has 0 heterocycles. The van der Waals surface area contributed by atoms with Crippen LogP contribution in [0.25, 0.3) is 0 Å². The molecule has 0 atom stereocenters. The molecule has 0 fully saturated rings. The Labute approximate surface area is 130 Å². The second-order valence-corrected chi connectivity index (χ2v) is 5.73. The molecule has 0 unspecified atom stereocenters. The van der Waals surface area contributed by atoms with Crippen LogP contribution in [0.4, 0.5) is 10.5 Å². The van der Waals surface area contributed by atoms with Gasteiger partial charge in [0.2, 0.25) is 0 Å². The van der Waals surface area contributed by atoms with Crippen LogP contribution in [0.1, 0.15) is 39.2 Å². The van der Waals surface area contributed by atoms with E-state index in [1.54, 1.807) is 24.3 Å². The van der Waals surface area contributed by atoms with Gasteiger partial charge >= 0.3 is 12.0 Å². The van der Waals surface area contributed by atoms with Crippen molar-refractivity contribution < 1.29 is 14.3 Å². The van der Waals surface area contributed by atoms with E-state index in [2.05, 4.69) is 10.6 Å². The van der Waals surface area contributed by atoms with Gasteiger partial charge in [0.1, 0.15) is 11.7 Å². The number of carbonyl (C=O) groups excluding carboxylic acids is 2. The Hall–Kier alpha value is -2.55. The van der Waals surface area contributed by atoms with Crippen LogP contribution in [0.5, 0.6) is 0 Å². The molecule has 0 aliphatic rings. The van der Waals surface area contributed by atoms with E-state index in [0.717, 1.165) is 0 Å². The normalized spacial score (nSPS) is 10.5. The van der Waals surface area contributed by atoms with E-state index in [4.69, 9.17) is 10.00 Å². The fraction of sp³-hybridized carbons (Fsp3) is 0.438. The molecule has 0 saturated carbocycles. The van der Waals surface area contributed by atoms with E-state index in [-0.39, 0.29) is 12.4 Å². The molecule has 0 saturated heterocycles. The van der Waals surface area contributed by atoms with Crippen molar-refractivity contribution in [1.29, 1.82) is 5.26 Å². The molecule has 1 aromatic rings. The van der Waals surface area contributed by atoms with E-state index in [0.29, 0.717) is 24.2 Å². The number of hydrogen-bond acceptors (Lipinski definition) is 4. The fourth-order valence-electron chi connectivity index (χ4n) is 1.68. The Morgan fingerprint density at radius 3 is 2.59 bits per heavy atom. The number of nitrogens with zero attached hydrogens (tertiary/aromatic N) is 1. The van der Waals surface area contributed by atoms with Crippen molar-refractivity contribution in [3.8, 4) is 6.07 Å². The maximum atomic E-state index is 11.7. The summed E-state index contributed by atoms with van der Waals surface area (Å²) in [5, 5.41) is 14.2. The molecule has 22 heavy (non-hydrogen) atoms. The van der Waals surface area contributed by atoms with Gasteiger partial charge < -0.3 is 15.4 Å². The van der Waals surface area contributed by atoms with Crippen LogP contribution in [0, 0.1) is 11.3 Å². The fourth-order valence-corrected chi connectivity index (χ4v) is 1.68. The summed E-state index contributed by atoms with van der Waals surface area (Å²) < 4.78 is 5.17. The van der Waals surface area contributed by atoms with Crippen LogP contribution in [-0.2, 0) is 9.53 Å². The Morgan fingerprint density at radius 1 is 1.27 bits per heavy atom. The summed E-state index contributed by atoms with van der Waals surface area (Å²) in [7, 11) is 0. The van der Waals surface area contributed by atoms with E-state index < -0.39 is 11.6 Å². The summed E-state index contributed by atoms with van der Waals surface area (Å²) in [6, 6.07) is 8.33. The number of anilines is 1. The number of ether oxygens (including phenoxy) is 1. The summed E-state index contributed by atoms with van der Waals surface area (Å²) in [5.74, 6) is -0.287. The summed E-state index contributed by atoms with van der Waals surface area (Å²) in [6.07, 6.45) is 0.731. The minimum atomic E-state index is -0.497. The van der Waals surface area contributed by atoms with E-state index in [9.17, 15) is 9.59 Å². The number of esters is 1. The smallest absolute Gasteiger partial charge is 0.319 e. The quantitative estimate of drug-likeness (QED) is 0.646. The van der Waals surface area contributed by atoms with Crippen LogP contribution in [-0.4, -0.2) is 24.1 Å². The molecule has 2 N–H and O–H groups in total. The standard InChI is InChI=1S/C16H21N3O3/c1-16(2,3)22-14(20)9-6-10-18-15(21)19-13-8-5-4-7-12(13)11-17/h4-5,7-8H,6,9-10H2,1-3H3,(H2,18,19,21). The lowest BCUT2D eigenvalue weighted by molar-refractivity contribution is -0.154. The monoisotopic (exact) mass is 303 g/mol. The summed E-state index contributed by atoms with van der Waals surface area (Å²) in [4.78, 5) is 23.2. The Kier molecular flexibility index (Phi) is 6.39. The summed E-state index contributed by atoms with van der Waals surface area (Å²) >= 11 is 0. The van der Waals surface area contributed by atoms with Crippen LogP contribution < -0.4 is 10.6 Å². The molecular weight excluding hydrogens is 282 g/mol. The maximum Gasteiger partial charge on any atom is 0.319 e. The van der Waals surface area contributed by atoms with Crippen LogP contribution in [0.3, 0.4) is 0 Å². The molecule has 1 rings (SSSR count). The largest absolute Gasteiger partial charge is 0.460 e. The van der Waals surface area contributed by atoms with Gasteiger partial charge in [-0.3, -0.25) is 4.79 Å². The lowest BCUT2D eigenvalue weighted by Gasteiger charge is -2.19. The van der Waals surface area contributed by atoms with Crippen molar-refractivity contribution in [3.63, 3.8) is 0 Å². The van der Waals surface area contributed by atoms with Gasteiger partial charge in [-0.05, 0) is 39.3 Å². The van der Waals surface area contributed by atoms with Gasteiger partial charge in [0.15, 0.2) is 0 Å². The molecule has 2 amide bonds. The average molecular weight is 303 g/mol. The van der Waals surface area contributed by atoms with Crippen molar-refractivity contribution >= 4 is 17.7 Å². The number of nitrogens with one attached hydrogen (secondary N) is 2. The third-order valence-corrected chi connectivity index (χ3v) is 2.56. The number of rotatable bonds is 5. The molecule has 0 aliphatic carbocycles. The first-order valence-corrected chi connectivity index (χ1v) is 7.07. The number of amides is 2. The molecule has 118 valence electrons. The van der Waals surface area contributed by atoms with Gasteiger partial charge in [-0.2, -0.15) is 5.26 Å². The predicted molar refractivity (Wildman–Crippen MR) is 83.3 cm³/mol. The third kappa shape index (κ3) is 6.75. The highest BCUT2D eigenvalue weighted by molar-refractivity contribution is 5.90.